The van der Waals surface area contributed by atoms with Gasteiger partial charge in [-0.15, -0.1) is 24.0 Å². The molecule has 1 aromatic carbocycles. The van der Waals surface area contributed by atoms with Crippen molar-refractivity contribution in [1.82, 2.24) is 0 Å². The Bertz CT molecular complexity index is 450. The van der Waals surface area contributed by atoms with Gasteiger partial charge in [0, 0.05) is 18.6 Å². The van der Waals surface area contributed by atoms with Gasteiger partial charge in [-0.05, 0) is 45.7 Å². The van der Waals surface area contributed by atoms with Crippen LogP contribution in [0.15, 0.2) is 22.4 Å². The van der Waals surface area contributed by atoms with E-state index in [0.29, 0.717) is 0 Å². The molecule has 68 valence electrons. The second kappa shape index (κ2) is 3.76. The molecule has 1 nitrogen and oxygen atoms in total. The zero-order valence-corrected chi connectivity index (χ0v) is 10.5. The lowest BCUT2D eigenvalue weighted by Gasteiger charge is -1.99. The van der Waals surface area contributed by atoms with Gasteiger partial charge in [0.15, 0.2) is 0 Å². The van der Waals surface area contributed by atoms with Crippen LogP contribution in [0.4, 0.5) is 0 Å². The molecule has 0 fully saturated rings. The van der Waals surface area contributed by atoms with E-state index in [-0.39, 0.29) is 6.61 Å². The first kappa shape index (κ1) is 9.76. The van der Waals surface area contributed by atoms with Gasteiger partial charge in [0.05, 0.1) is 6.61 Å². The van der Waals surface area contributed by atoms with Crippen molar-refractivity contribution in [1.29, 1.82) is 0 Å². The predicted octanol–water partition coefficient (Wildman–Crippen LogP) is 3.29. The summed E-state index contributed by atoms with van der Waals surface area (Å²) in [5.41, 5.74) is 1.01. The first-order valence-corrected chi connectivity index (χ1v) is 6.12. The first-order chi connectivity index (χ1) is 6.22. The van der Waals surface area contributed by atoms with Crippen molar-refractivity contribution in [3.05, 3.63) is 26.6 Å². The van der Waals surface area contributed by atoms with E-state index >= 15 is 0 Å². The van der Waals surface area contributed by atoms with Gasteiger partial charge in [0.25, 0.3) is 0 Å². The maximum Gasteiger partial charge on any atom is 0.0696 e. The van der Waals surface area contributed by atoms with Crippen molar-refractivity contribution in [3.8, 4) is 0 Å². The highest BCUT2D eigenvalue weighted by molar-refractivity contribution is 14.1. The average Bonchev–Trinajstić information content (AvgIpc) is 2.47. The molecular weight excluding hydrogens is 315 g/mol. The summed E-state index contributed by atoms with van der Waals surface area (Å²) in [7, 11) is 0. The fourth-order valence-corrected chi connectivity index (χ4v) is 4.05. The Labute approximate surface area is 99.3 Å². The summed E-state index contributed by atoms with van der Waals surface area (Å²) in [4.78, 5) is 0.975. The molecule has 0 aliphatic rings. The Morgan fingerprint density at radius 1 is 1.46 bits per heavy atom. The van der Waals surface area contributed by atoms with Gasteiger partial charge in [0.1, 0.15) is 0 Å². The van der Waals surface area contributed by atoms with Crippen LogP contribution in [0.5, 0.6) is 0 Å². The number of rotatable bonds is 1. The van der Waals surface area contributed by atoms with Crippen molar-refractivity contribution < 1.29 is 5.11 Å². The SMILES string of the molecule is OCc1csc2cc(S)cc(I)c12. The minimum Gasteiger partial charge on any atom is -0.392 e. The van der Waals surface area contributed by atoms with E-state index in [0.717, 1.165) is 14.0 Å². The van der Waals surface area contributed by atoms with Gasteiger partial charge in [-0.1, -0.05) is 0 Å². The van der Waals surface area contributed by atoms with Crippen LogP contribution in [-0.4, -0.2) is 5.11 Å². The van der Waals surface area contributed by atoms with Crippen LogP contribution in [0, 0.1) is 3.57 Å². The number of benzene rings is 1. The molecule has 2 aromatic rings. The Balaban J connectivity index is 2.82. The first-order valence-electron chi connectivity index (χ1n) is 3.72. The average molecular weight is 322 g/mol. The van der Waals surface area contributed by atoms with E-state index in [9.17, 15) is 0 Å². The lowest BCUT2D eigenvalue weighted by Crippen LogP contribution is -1.82. The Morgan fingerprint density at radius 2 is 2.23 bits per heavy atom. The van der Waals surface area contributed by atoms with Crippen LogP contribution < -0.4 is 0 Å². The van der Waals surface area contributed by atoms with E-state index in [4.69, 9.17) is 5.11 Å². The summed E-state index contributed by atoms with van der Waals surface area (Å²) in [5, 5.41) is 12.3. The van der Waals surface area contributed by atoms with Gasteiger partial charge >= 0.3 is 0 Å². The monoisotopic (exact) mass is 322 g/mol. The Hall–Kier alpha value is 0.220. The summed E-state index contributed by atoms with van der Waals surface area (Å²) in [6.07, 6.45) is 0. The minimum atomic E-state index is 0.113. The number of thiophene rings is 1. The van der Waals surface area contributed by atoms with Gasteiger partial charge in [0.2, 0.25) is 0 Å². The summed E-state index contributed by atoms with van der Waals surface area (Å²) < 4.78 is 2.35. The molecule has 1 aromatic heterocycles. The molecule has 0 saturated heterocycles. The summed E-state index contributed by atoms with van der Waals surface area (Å²) in [6, 6.07) is 4.04. The summed E-state index contributed by atoms with van der Waals surface area (Å²) in [6.45, 7) is 0.113. The number of aliphatic hydroxyl groups is 1. The number of thiol groups is 1. The highest BCUT2D eigenvalue weighted by Crippen LogP contribution is 2.32. The van der Waals surface area contributed by atoms with Crippen molar-refractivity contribution in [2.24, 2.45) is 0 Å². The van der Waals surface area contributed by atoms with Crippen LogP contribution in [0.3, 0.4) is 0 Å². The fourth-order valence-electron chi connectivity index (χ4n) is 1.28. The molecule has 0 atom stereocenters. The highest BCUT2D eigenvalue weighted by Gasteiger charge is 2.07. The molecule has 0 radical (unpaired) electrons. The Morgan fingerprint density at radius 3 is 2.92 bits per heavy atom. The Kier molecular flexibility index (Phi) is 2.83. The van der Waals surface area contributed by atoms with Crippen LogP contribution in [0.1, 0.15) is 5.56 Å². The number of fused-ring (bicyclic) bond motifs is 1. The van der Waals surface area contributed by atoms with E-state index in [2.05, 4.69) is 35.2 Å². The smallest absolute Gasteiger partial charge is 0.0696 e. The van der Waals surface area contributed by atoms with Crippen LogP contribution >= 0.6 is 46.6 Å². The molecule has 4 heteroatoms. The van der Waals surface area contributed by atoms with Crippen molar-refractivity contribution >= 4 is 56.6 Å². The molecule has 1 N–H and O–H groups in total. The van der Waals surface area contributed by atoms with Gasteiger partial charge < -0.3 is 5.11 Å². The highest BCUT2D eigenvalue weighted by atomic mass is 127. The number of aliphatic hydroxyl groups excluding tert-OH is 1. The summed E-state index contributed by atoms with van der Waals surface area (Å²) in [5.74, 6) is 0. The maximum atomic E-state index is 9.10. The summed E-state index contributed by atoms with van der Waals surface area (Å²) >= 11 is 8.24. The molecule has 13 heavy (non-hydrogen) atoms. The molecule has 2 rings (SSSR count). The lowest BCUT2D eigenvalue weighted by molar-refractivity contribution is 0.284. The third-order valence-electron chi connectivity index (χ3n) is 1.86. The third-order valence-corrected chi connectivity index (χ3v) is 3.95. The topological polar surface area (TPSA) is 20.2 Å². The molecule has 0 bridgehead atoms. The largest absolute Gasteiger partial charge is 0.392 e. The van der Waals surface area contributed by atoms with Crippen molar-refractivity contribution in [3.63, 3.8) is 0 Å². The van der Waals surface area contributed by atoms with Crippen molar-refractivity contribution in [2.45, 2.75) is 11.5 Å². The second-order valence-corrected chi connectivity index (χ2v) is 5.31. The predicted molar refractivity (Wildman–Crippen MR) is 67.7 cm³/mol. The molecular formula is C9H7IOS2. The van der Waals surface area contributed by atoms with E-state index in [1.165, 1.54) is 10.1 Å². The van der Waals surface area contributed by atoms with Crippen LogP contribution in [-0.2, 0) is 6.61 Å². The molecule has 0 spiro atoms. The number of halogens is 1. The van der Waals surface area contributed by atoms with Gasteiger partial charge in [-0.2, -0.15) is 0 Å². The minimum absolute atomic E-state index is 0.113. The lowest BCUT2D eigenvalue weighted by atomic mass is 10.2. The van der Waals surface area contributed by atoms with Crippen LogP contribution in [0.25, 0.3) is 10.1 Å². The van der Waals surface area contributed by atoms with Crippen molar-refractivity contribution in [2.75, 3.05) is 0 Å². The molecule has 0 aliphatic carbocycles. The number of hydrogen-bond acceptors (Lipinski definition) is 3. The zero-order chi connectivity index (χ0) is 9.42. The quantitative estimate of drug-likeness (QED) is 0.610. The fraction of sp³-hybridized carbons (Fsp3) is 0.111. The molecule has 0 aliphatic heterocycles. The second-order valence-electron chi connectivity index (χ2n) is 2.72. The normalized spacial score (nSPS) is 11.0. The van der Waals surface area contributed by atoms with Gasteiger partial charge in [-0.3, -0.25) is 0 Å². The molecule has 1 heterocycles. The molecule has 0 saturated carbocycles. The third kappa shape index (κ3) is 1.72. The number of hydrogen-bond donors (Lipinski definition) is 2. The van der Waals surface area contributed by atoms with Crippen LogP contribution in [0.2, 0.25) is 0 Å². The van der Waals surface area contributed by atoms with E-state index in [1.54, 1.807) is 11.3 Å². The standard InChI is InChI=1S/C9H7IOS2/c10-7-1-6(12)2-8-9(7)5(3-11)4-13-8/h1-2,4,11-12H,3H2. The van der Waals surface area contributed by atoms with E-state index in [1.807, 2.05) is 17.5 Å². The zero-order valence-electron chi connectivity index (χ0n) is 6.62. The maximum absolute atomic E-state index is 9.10. The van der Waals surface area contributed by atoms with Gasteiger partial charge in [-0.25, -0.2) is 0 Å². The molecule has 0 unspecified atom stereocenters. The van der Waals surface area contributed by atoms with E-state index < -0.39 is 0 Å². The molecule has 0 amide bonds.